The van der Waals surface area contributed by atoms with Crippen LogP contribution in [0.2, 0.25) is 0 Å². The summed E-state index contributed by atoms with van der Waals surface area (Å²) in [5.74, 6) is -3.58. The molecule has 2 aliphatic heterocycles. The fraction of sp³-hybridized carbons (Fsp3) is 0.500. The average Bonchev–Trinajstić information content (AvgIpc) is 2.98. The number of rotatable bonds is 9. The van der Waals surface area contributed by atoms with Crippen LogP contribution >= 0.6 is 0 Å². The molecule has 41 heavy (non-hydrogen) atoms. The van der Waals surface area contributed by atoms with Gasteiger partial charge < -0.3 is 35.0 Å². The average molecular weight is 570 g/mol. The molecule has 0 aliphatic carbocycles. The number of ether oxygens (including phenoxy) is 1. The van der Waals surface area contributed by atoms with Gasteiger partial charge in [0.1, 0.15) is 11.7 Å². The lowest BCUT2D eigenvalue weighted by atomic mass is 9.97. The molecule has 220 valence electrons. The van der Waals surface area contributed by atoms with Crippen LogP contribution in [0, 0.1) is 5.92 Å². The number of piperazine rings is 1. The van der Waals surface area contributed by atoms with Gasteiger partial charge in [0, 0.05) is 56.8 Å². The maximum atomic E-state index is 13.5. The maximum absolute atomic E-state index is 13.5. The zero-order valence-corrected chi connectivity index (χ0v) is 23.0. The molecule has 2 saturated heterocycles. The summed E-state index contributed by atoms with van der Waals surface area (Å²) in [5, 5.41) is 22.3. The summed E-state index contributed by atoms with van der Waals surface area (Å²) >= 11 is 0. The molecule has 3 N–H and O–H groups in total. The molecule has 0 radical (unpaired) electrons. The van der Waals surface area contributed by atoms with Gasteiger partial charge in [-0.25, -0.2) is 9.78 Å². The number of carboxylic acid groups (broad SMARTS) is 2. The first-order chi connectivity index (χ1) is 19.7. The summed E-state index contributed by atoms with van der Waals surface area (Å²) in [6, 6.07) is 7.72. The van der Waals surface area contributed by atoms with Gasteiger partial charge in [0.05, 0.1) is 18.0 Å². The third-order valence-corrected chi connectivity index (χ3v) is 7.41. The van der Waals surface area contributed by atoms with E-state index in [1.54, 1.807) is 25.1 Å². The molecule has 0 bridgehead atoms. The van der Waals surface area contributed by atoms with Gasteiger partial charge in [-0.2, -0.15) is 0 Å². The van der Waals surface area contributed by atoms with Gasteiger partial charge in [-0.3, -0.25) is 19.2 Å². The van der Waals surface area contributed by atoms with Crippen LogP contribution < -0.4 is 10.2 Å². The third-order valence-electron chi connectivity index (χ3n) is 7.41. The van der Waals surface area contributed by atoms with Crippen molar-refractivity contribution in [1.82, 2.24) is 20.1 Å². The molecule has 2 aromatic rings. The Bertz CT molecular complexity index is 1310. The first kappa shape index (κ1) is 29.6. The molecule has 1 aromatic heterocycles. The van der Waals surface area contributed by atoms with E-state index in [1.807, 2.05) is 17.0 Å². The van der Waals surface area contributed by atoms with Gasteiger partial charge in [0.2, 0.25) is 5.91 Å². The van der Waals surface area contributed by atoms with Crippen molar-refractivity contribution in [3.8, 4) is 0 Å². The number of fused-ring (bicyclic) bond motifs is 1. The Morgan fingerprint density at radius 2 is 1.76 bits per heavy atom. The summed E-state index contributed by atoms with van der Waals surface area (Å²) in [6.45, 7) is 3.81. The second kappa shape index (κ2) is 13.3. The Hall–Kier alpha value is -4.42. The minimum atomic E-state index is -1.11. The number of hydrogen-bond donors (Lipinski definition) is 3. The highest BCUT2D eigenvalue weighted by atomic mass is 16.6. The van der Waals surface area contributed by atoms with E-state index < -0.39 is 41.8 Å². The summed E-state index contributed by atoms with van der Waals surface area (Å²) < 4.78 is 5.01. The Labute approximate surface area is 237 Å². The van der Waals surface area contributed by atoms with Gasteiger partial charge >= 0.3 is 18.0 Å². The number of para-hydroxylation sites is 1. The Balaban J connectivity index is 1.55. The van der Waals surface area contributed by atoms with Crippen molar-refractivity contribution >= 4 is 46.4 Å². The summed E-state index contributed by atoms with van der Waals surface area (Å²) in [7, 11) is 0. The lowest BCUT2D eigenvalue weighted by molar-refractivity contribution is -0.142. The quantitative estimate of drug-likeness (QED) is 0.405. The first-order valence-corrected chi connectivity index (χ1v) is 13.8. The van der Waals surface area contributed by atoms with E-state index in [1.165, 1.54) is 9.80 Å². The van der Waals surface area contributed by atoms with Crippen molar-refractivity contribution in [3.05, 3.63) is 36.0 Å². The van der Waals surface area contributed by atoms with Crippen molar-refractivity contribution in [3.63, 3.8) is 0 Å². The van der Waals surface area contributed by atoms with E-state index >= 15 is 0 Å². The molecule has 0 spiro atoms. The van der Waals surface area contributed by atoms with E-state index in [-0.39, 0.29) is 51.3 Å². The highest BCUT2D eigenvalue weighted by molar-refractivity contribution is 6.01. The molecule has 2 atom stereocenters. The van der Waals surface area contributed by atoms with Crippen LogP contribution in [0.4, 0.5) is 10.5 Å². The molecule has 1 aromatic carbocycles. The second-order valence-electron chi connectivity index (χ2n) is 10.1. The molecule has 3 amide bonds. The Kier molecular flexibility index (Phi) is 9.58. The van der Waals surface area contributed by atoms with Crippen molar-refractivity contribution in [2.75, 3.05) is 50.8 Å². The minimum Gasteiger partial charge on any atom is -0.481 e. The molecule has 13 nitrogen and oxygen atoms in total. The Morgan fingerprint density at radius 3 is 2.44 bits per heavy atom. The number of nitrogens with zero attached hydrogens (tertiary/aromatic N) is 4. The number of pyridine rings is 1. The van der Waals surface area contributed by atoms with Crippen molar-refractivity contribution < 1.29 is 38.9 Å². The maximum Gasteiger partial charge on any atom is 0.409 e. The molecule has 2 aliphatic rings. The number of aliphatic carboxylic acids is 2. The van der Waals surface area contributed by atoms with E-state index in [2.05, 4.69) is 10.3 Å². The van der Waals surface area contributed by atoms with E-state index in [0.717, 1.165) is 5.39 Å². The van der Waals surface area contributed by atoms with Gasteiger partial charge in [0.25, 0.3) is 5.91 Å². The van der Waals surface area contributed by atoms with Crippen LogP contribution in [0.5, 0.6) is 0 Å². The minimum absolute atomic E-state index is 0.0383. The molecule has 0 saturated carbocycles. The third kappa shape index (κ3) is 7.21. The topological polar surface area (TPSA) is 170 Å². The number of benzene rings is 1. The van der Waals surface area contributed by atoms with Crippen molar-refractivity contribution in [2.45, 2.75) is 38.6 Å². The number of hydrogen-bond acceptors (Lipinski definition) is 8. The second-order valence-corrected chi connectivity index (χ2v) is 10.1. The predicted octanol–water partition coefficient (Wildman–Crippen LogP) is 1.80. The van der Waals surface area contributed by atoms with Crippen LogP contribution in [0.15, 0.2) is 30.3 Å². The van der Waals surface area contributed by atoms with E-state index in [9.17, 15) is 34.2 Å². The molecule has 2 fully saturated rings. The smallest absolute Gasteiger partial charge is 0.409 e. The normalized spacial score (nSPS) is 18.1. The van der Waals surface area contributed by atoms with Crippen molar-refractivity contribution in [1.29, 1.82) is 0 Å². The summed E-state index contributed by atoms with van der Waals surface area (Å²) in [4.78, 5) is 71.3. The number of nitrogens with one attached hydrogen (secondary N) is 1. The lowest BCUT2D eigenvalue weighted by Gasteiger charge is -2.36. The Morgan fingerprint density at radius 1 is 1.05 bits per heavy atom. The van der Waals surface area contributed by atoms with Gasteiger partial charge in [0.15, 0.2) is 0 Å². The summed E-state index contributed by atoms with van der Waals surface area (Å²) in [6.07, 6.45) is 0.343. The zero-order valence-electron chi connectivity index (χ0n) is 23.0. The van der Waals surface area contributed by atoms with E-state index in [4.69, 9.17) is 4.74 Å². The molecule has 2 unspecified atom stereocenters. The molecular formula is C28H35N5O8. The highest BCUT2D eigenvalue weighted by Gasteiger charge is 2.32. The van der Waals surface area contributed by atoms with Crippen LogP contribution in [-0.4, -0.2) is 107 Å². The molecule has 3 heterocycles. The zero-order chi connectivity index (χ0) is 29.5. The van der Waals surface area contributed by atoms with Crippen LogP contribution in [0.1, 0.15) is 43.1 Å². The largest absolute Gasteiger partial charge is 0.481 e. The number of aromatic nitrogens is 1. The van der Waals surface area contributed by atoms with Crippen LogP contribution in [0.3, 0.4) is 0 Å². The summed E-state index contributed by atoms with van der Waals surface area (Å²) in [5.41, 5.74) is 1.25. The SMILES string of the molecule is CCOC(=O)N1CCN(C(=O)C(CCC(=O)O)NC(=O)c2cc(N3CCCC(C(=O)O)C3)c3ccccc3n2)CC1. The number of amides is 3. The lowest BCUT2D eigenvalue weighted by Crippen LogP contribution is -2.56. The monoisotopic (exact) mass is 569 g/mol. The molecular weight excluding hydrogens is 534 g/mol. The van der Waals surface area contributed by atoms with E-state index in [0.29, 0.717) is 37.1 Å². The van der Waals surface area contributed by atoms with Crippen molar-refractivity contribution in [2.24, 2.45) is 5.92 Å². The van der Waals surface area contributed by atoms with Gasteiger partial charge in [-0.05, 0) is 38.3 Å². The number of carbonyl (C=O) groups excluding carboxylic acids is 3. The number of carboxylic acids is 2. The molecule has 4 rings (SSSR count). The molecule has 13 heteroatoms. The van der Waals surface area contributed by atoms with Gasteiger partial charge in [-0.15, -0.1) is 0 Å². The predicted molar refractivity (Wildman–Crippen MR) is 148 cm³/mol. The highest BCUT2D eigenvalue weighted by Crippen LogP contribution is 2.31. The standard InChI is InChI=1S/C28H35N5O8/c1-2-41-28(40)32-14-12-31(13-15-32)26(37)21(9-10-24(34)35)30-25(36)22-16-23(19-7-3-4-8-20(19)29-22)33-11-5-6-18(17-33)27(38)39/h3-4,7-8,16,18,21H,2,5-6,9-15,17H2,1H3,(H,30,36)(H,34,35)(H,38,39). The van der Waals surface area contributed by atoms with Gasteiger partial charge in [-0.1, -0.05) is 18.2 Å². The number of piperidine rings is 1. The first-order valence-electron chi connectivity index (χ1n) is 13.8. The van der Waals surface area contributed by atoms with Crippen LogP contribution in [-0.2, 0) is 19.1 Å². The fourth-order valence-corrected chi connectivity index (χ4v) is 5.23. The fourth-order valence-electron chi connectivity index (χ4n) is 5.23. The number of carbonyl (C=O) groups is 5. The van der Waals surface area contributed by atoms with Crippen LogP contribution in [0.25, 0.3) is 10.9 Å². The number of anilines is 1.